The van der Waals surface area contributed by atoms with E-state index in [0.29, 0.717) is 11.5 Å². The minimum atomic E-state index is -0.879. The van der Waals surface area contributed by atoms with Gasteiger partial charge in [0.1, 0.15) is 5.54 Å². The highest BCUT2D eigenvalue weighted by atomic mass is 16.5. The van der Waals surface area contributed by atoms with Crippen LogP contribution in [0.4, 0.5) is 5.69 Å². The number of ether oxygens (including phenoxy) is 2. The Kier molecular flexibility index (Phi) is 6.26. The summed E-state index contributed by atoms with van der Waals surface area (Å²) in [6.45, 7) is 5.68. The maximum absolute atomic E-state index is 12.2. The van der Waals surface area contributed by atoms with E-state index in [1.54, 1.807) is 45.2 Å². The van der Waals surface area contributed by atoms with Crippen molar-refractivity contribution in [2.24, 2.45) is 5.92 Å². The van der Waals surface area contributed by atoms with Crippen molar-refractivity contribution < 1.29 is 14.3 Å². The zero-order valence-electron chi connectivity index (χ0n) is 14.6. The number of amides is 1. The van der Waals surface area contributed by atoms with Gasteiger partial charge in [0.05, 0.1) is 26.8 Å². The van der Waals surface area contributed by atoms with Crippen molar-refractivity contribution in [1.29, 1.82) is 5.26 Å². The summed E-state index contributed by atoms with van der Waals surface area (Å²) < 4.78 is 10.5. The fourth-order valence-corrected chi connectivity index (χ4v) is 2.00. The van der Waals surface area contributed by atoms with Crippen LogP contribution >= 0.6 is 0 Å². The highest BCUT2D eigenvalue weighted by Gasteiger charge is 2.30. The van der Waals surface area contributed by atoms with E-state index in [-0.39, 0.29) is 18.4 Å². The average Bonchev–Trinajstić information content (AvgIpc) is 2.53. The van der Waals surface area contributed by atoms with Gasteiger partial charge in [0.2, 0.25) is 5.91 Å². The van der Waals surface area contributed by atoms with Crippen LogP contribution in [0.5, 0.6) is 11.5 Å². The summed E-state index contributed by atoms with van der Waals surface area (Å²) in [6, 6.07) is 7.61. The molecule has 0 bridgehead atoms. The lowest BCUT2D eigenvalue weighted by atomic mass is 9.90. The molecule has 0 radical (unpaired) electrons. The molecule has 1 amide bonds. The molecule has 1 aromatic rings. The molecule has 1 aromatic carbocycles. The smallest absolute Gasteiger partial charge is 0.240 e. The molecule has 0 spiro atoms. The molecule has 0 aromatic heterocycles. The molecular weight excluding hydrogens is 294 g/mol. The molecule has 6 nitrogen and oxygen atoms in total. The lowest BCUT2D eigenvalue weighted by molar-refractivity contribution is -0.121. The Hall–Kier alpha value is -2.42. The molecule has 0 fully saturated rings. The third-order valence-electron chi connectivity index (χ3n) is 3.97. The number of methoxy groups -OCH3 is 2. The standard InChI is InChI=1S/C17H25N3O3/c1-12(2)17(3,11-18)19-16(21)10-20(4)13-7-8-14(22-5)15(9-13)23-6/h7-9,12H,10H2,1-6H3,(H,19,21)/t17-/m1/s1. The number of likely N-dealkylation sites (N-methyl/N-ethyl adjacent to an activating group) is 1. The van der Waals surface area contributed by atoms with E-state index < -0.39 is 5.54 Å². The largest absolute Gasteiger partial charge is 0.493 e. The maximum atomic E-state index is 12.2. The maximum Gasteiger partial charge on any atom is 0.240 e. The lowest BCUT2D eigenvalue weighted by Gasteiger charge is -2.29. The van der Waals surface area contributed by atoms with Crippen LogP contribution in [0, 0.1) is 17.2 Å². The highest BCUT2D eigenvalue weighted by molar-refractivity contribution is 5.82. The van der Waals surface area contributed by atoms with Gasteiger partial charge in [0.25, 0.3) is 0 Å². The van der Waals surface area contributed by atoms with Crippen molar-refractivity contribution >= 4 is 11.6 Å². The zero-order valence-corrected chi connectivity index (χ0v) is 14.6. The second-order valence-corrected chi connectivity index (χ2v) is 5.91. The van der Waals surface area contributed by atoms with Gasteiger partial charge >= 0.3 is 0 Å². The van der Waals surface area contributed by atoms with Crippen molar-refractivity contribution in [2.75, 3.05) is 32.7 Å². The number of anilines is 1. The summed E-state index contributed by atoms with van der Waals surface area (Å²) in [4.78, 5) is 14.0. The summed E-state index contributed by atoms with van der Waals surface area (Å²) in [7, 11) is 4.94. The topological polar surface area (TPSA) is 74.6 Å². The minimum absolute atomic E-state index is 0.0165. The predicted octanol–water partition coefficient (Wildman–Crippen LogP) is 2.19. The molecule has 0 unspecified atom stereocenters. The summed E-state index contributed by atoms with van der Waals surface area (Å²) in [6.07, 6.45) is 0. The van der Waals surface area contributed by atoms with E-state index >= 15 is 0 Å². The van der Waals surface area contributed by atoms with Crippen LogP contribution in [0.3, 0.4) is 0 Å². The van der Waals surface area contributed by atoms with Crippen LogP contribution in [0.25, 0.3) is 0 Å². The molecule has 0 saturated heterocycles. The third kappa shape index (κ3) is 4.52. The molecule has 0 saturated carbocycles. The Morgan fingerprint density at radius 2 is 1.96 bits per heavy atom. The van der Waals surface area contributed by atoms with E-state index in [4.69, 9.17) is 9.47 Å². The van der Waals surface area contributed by atoms with E-state index in [1.165, 1.54) is 0 Å². The highest BCUT2D eigenvalue weighted by Crippen LogP contribution is 2.31. The van der Waals surface area contributed by atoms with Gasteiger partial charge < -0.3 is 19.7 Å². The van der Waals surface area contributed by atoms with Gasteiger partial charge in [-0.15, -0.1) is 0 Å². The van der Waals surface area contributed by atoms with Gasteiger partial charge in [-0.25, -0.2) is 0 Å². The fourth-order valence-electron chi connectivity index (χ4n) is 2.00. The summed E-state index contributed by atoms with van der Waals surface area (Å²) in [5.41, 5.74) is -0.0591. The van der Waals surface area contributed by atoms with Crippen molar-refractivity contribution in [3.63, 3.8) is 0 Å². The normalized spacial score (nSPS) is 13.0. The van der Waals surface area contributed by atoms with Crippen LogP contribution in [0.2, 0.25) is 0 Å². The van der Waals surface area contributed by atoms with Crippen LogP contribution in [-0.4, -0.2) is 39.3 Å². The third-order valence-corrected chi connectivity index (χ3v) is 3.97. The van der Waals surface area contributed by atoms with Gasteiger partial charge in [-0.1, -0.05) is 13.8 Å². The van der Waals surface area contributed by atoms with Crippen molar-refractivity contribution in [3.05, 3.63) is 18.2 Å². The molecule has 1 N–H and O–H groups in total. The molecule has 23 heavy (non-hydrogen) atoms. The van der Waals surface area contributed by atoms with Gasteiger partial charge in [-0.3, -0.25) is 4.79 Å². The summed E-state index contributed by atoms with van der Waals surface area (Å²) in [5.74, 6) is 1.04. The second kappa shape index (κ2) is 7.73. The zero-order chi connectivity index (χ0) is 17.6. The number of hydrogen-bond donors (Lipinski definition) is 1. The Balaban J connectivity index is 2.82. The molecule has 1 atom stereocenters. The first-order valence-electron chi connectivity index (χ1n) is 7.42. The Morgan fingerprint density at radius 3 is 2.43 bits per heavy atom. The molecular formula is C17H25N3O3. The van der Waals surface area contributed by atoms with Crippen LogP contribution in [0.15, 0.2) is 18.2 Å². The Labute approximate surface area is 138 Å². The predicted molar refractivity (Wildman–Crippen MR) is 89.8 cm³/mol. The van der Waals surface area contributed by atoms with Crippen LogP contribution in [0.1, 0.15) is 20.8 Å². The molecule has 0 heterocycles. The van der Waals surface area contributed by atoms with E-state index in [0.717, 1.165) is 5.69 Å². The number of nitrogens with zero attached hydrogens (tertiary/aromatic N) is 2. The van der Waals surface area contributed by atoms with E-state index in [9.17, 15) is 10.1 Å². The average molecular weight is 319 g/mol. The number of nitrogens with one attached hydrogen (secondary N) is 1. The molecule has 0 aliphatic carbocycles. The summed E-state index contributed by atoms with van der Waals surface area (Å²) in [5, 5.41) is 12.1. The fraction of sp³-hybridized carbons (Fsp3) is 0.529. The Morgan fingerprint density at radius 1 is 1.35 bits per heavy atom. The second-order valence-electron chi connectivity index (χ2n) is 5.91. The minimum Gasteiger partial charge on any atom is -0.493 e. The number of carbonyl (C=O) groups is 1. The van der Waals surface area contributed by atoms with Crippen LogP contribution in [-0.2, 0) is 4.79 Å². The number of benzene rings is 1. The number of nitriles is 1. The van der Waals surface area contributed by atoms with Crippen molar-refractivity contribution in [2.45, 2.75) is 26.3 Å². The lowest BCUT2D eigenvalue weighted by Crippen LogP contribution is -2.51. The molecule has 0 aliphatic rings. The first-order valence-corrected chi connectivity index (χ1v) is 7.42. The molecule has 1 rings (SSSR count). The molecule has 6 heteroatoms. The number of hydrogen-bond acceptors (Lipinski definition) is 5. The number of rotatable bonds is 7. The van der Waals surface area contributed by atoms with Gasteiger partial charge in [0.15, 0.2) is 11.5 Å². The Bertz CT molecular complexity index is 595. The number of carbonyl (C=O) groups excluding carboxylic acids is 1. The van der Waals surface area contributed by atoms with Gasteiger partial charge in [0, 0.05) is 18.8 Å². The monoisotopic (exact) mass is 319 g/mol. The van der Waals surface area contributed by atoms with Gasteiger partial charge in [-0.2, -0.15) is 5.26 Å². The first kappa shape index (κ1) is 18.6. The first-order chi connectivity index (χ1) is 10.8. The van der Waals surface area contributed by atoms with Gasteiger partial charge in [-0.05, 0) is 25.0 Å². The quantitative estimate of drug-likeness (QED) is 0.834. The SMILES string of the molecule is COc1ccc(N(C)CC(=O)N[C@](C)(C#N)C(C)C)cc1OC. The van der Waals surface area contributed by atoms with Crippen molar-refractivity contribution in [1.82, 2.24) is 5.32 Å². The molecule has 126 valence electrons. The molecule has 0 aliphatic heterocycles. The van der Waals surface area contributed by atoms with Crippen LogP contribution < -0.4 is 19.7 Å². The van der Waals surface area contributed by atoms with Crippen molar-refractivity contribution in [3.8, 4) is 17.6 Å². The summed E-state index contributed by atoms with van der Waals surface area (Å²) >= 11 is 0. The van der Waals surface area contributed by atoms with E-state index in [2.05, 4.69) is 11.4 Å². The van der Waals surface area contributed by atoms with E-state index in [1.807, 2.05) is 19.9 Å².